The summed E-state index contributed by atoms with van der Waals surface area (Å²) in [5, 5.41) is 5.06. The Morgan fingerprint density at radius 1 is 1.26 bits per heavy atom. The second-order valence-corrected chi connectivity index (χ2v) is 6.96. The summed E-state index contributed by atoms with van der Waals surface area (Å²) in [5.74, 6) is 1.17. The maximum absolute atomic E-state index is 11.9. The number of amides is 1. The molecule has 0 aromatic carbocycles. The lowest BCUT2D eigenvalue weighted by atomic mass is 10.2. The first-order valence-electron chi connectivity index (χ1n) is 8.30. The fourth-order valence-electron chi connectivity index (χ4n) is 2.82. The largest absolute Gasteiger partial charge is 0.357 e. The van der Waals surface area contributed by atoms with Crippen molar-refractivity contribution in [3.63, 3.8) is 0 Å². The molecule has 3 rings (SSSR count). The highest BCUT2D eigenvalue weighted by atomic mass is 32.1. The fraction of sp³-hybridized carbons (Fsp3) is 0.444. The summed E-state index contributed by atoms with van der Waals surface area (Å²) >= 11 is 1.75. The minimum atomic E-state index is 0.116. The van der Waals surface area contributed by atoms with Gasteiger partial charge in [0.25, 0.3) is 0 Å². The molecule has 4 nitrogen and oxygen atoms in total. The summed E-state index contributed by atoms with van der Waals surface area (Å²) in [4.78, 5) is 20.1. The molecule has 3 heterocycles. The molecule has 0 aliphatic carbocycles. The van der Waals surface area contributed by atoms with Crippen molar-refractivity contribution in [2.75, 3.05) is 18.0 Å². The van der Waals surface area contributed by atoms with E-state index in [1.54, 1.807) is 11.3 Å². The molecule has 0 spiro atoms. The van der Waals surface area contributed by atoms with E-state index in [4.69, 9.17) is 0 Å². The SMILES string of the molecule is O=C(CCCc1cccs1)NCc1ccc(N2CCCC2)nc1. The van der Waals surface area contributed by atoms with Crippen molar-refractivity contribution in [3.8, 4) is 0 Å². The fourth-order valence-corrected chi connectivity index (χ4v) is 3.57. The highest BCUT2D eigenvalue weighted by Crippen LogP contribution is 2.17. The Balaban J connectivity index is 1.38. The number of carbonyl (C=O) groups is 1. The van der Waals surface area contributed by atoms with Crippen LogP contribution in [0.5, 0.6) is 0 Å². The monoisotopic (exact) mass is 329 g/mol. The third kappa shape index (κ3) is 4.79. The zero-order valence-electron chi connectivity index (χ0n) is 13.3. The van der Waals surface area contributed by atoms with Gasteiger partial charge in [-0.05, 0) is 48.8 Å². The number of rotatable bonds is 7. The van der Waals surface area contributed by atoms with E-state index in [1.165, 1.54) is 17.7 Å². The van der Waals surface area contributed by atoms with E-state index in [-0.39, 0.29) is 5.91 Å². The van der Waals surface area contributed by atoms with Crippen LogP contribution in [-0.2, 0) is 17.8 Å². The molecular weight excluding hydrogens is 306 g/mol. The highest BCUT2D eigenvalue weighted by Gasteiger charge is 2.13. The van der Waals surface area contributed by atoms with Gasteiger partial charge in [-0.1, -0.05) is 12.1 Å². The van der Waals surface area contributed by atoms with Crippen molar-refractivity contribution < 1.29 is 4.79 Å². The van der Waals surface area contributed by atoms with E-state index >= 15 is 0 Å². The minimum absolute atomic E-state index is 0.116. The van der Waals surface area contributed by atoms with Gasteiger partial charge >= 0.3 is 0 Å². The molecule has 2 aromatic heterocycles. The highest BCUT2D eigenvalue weighted by molar-refractivity contribution is 7.09. The molecule has 2 aromatic rings. The van der Waals surface area contributed by atoms with Gasteiger partial charge in [0.2, 0.25) is 5.91 Å². The number of anilines is 1. The summed E-state index contributed by atoms with van der Waals surface area (Å²) in [7, 11) is 0. The van der Waals surface area contributed by atoms with Crippen LogP contribution in [0.3, 0.4) is 0 Å². The molecule has 1 aliphatic heterocycles. The van der Waals surface area contributed by atoms with Gasteiger partial charge in [-0.25, -0.2) is 4.98 Å². The smallest absolute Gasteiger partial charge is 0.220 e. The lowest BCUT2D eigenvalue weighted by molar-refractivity contribution is -0.121. The number of thiophene rings is 1. The molecule has 122 valence electrons. The normalized spacial score (nSPS) is 14.2. The zero-order chi connectivity index (χ0) is 15.9. The maximum Gasteiger partial charge on any atom is 0.220 e. The minimum Gasteiger partial charge on any atom is -0.357 e. The van der Waals surface area contributed by atoms with Crippen molar-refractivity contribution in [1.82, 2.24) is 10.3 Å². The summed E-state index contributed by atoms with van der Waals surface area (Å²) in [5.41, 5.74) is 1.06. The predicted molar refractivity (Wildman–Crippen MR) is 94.8 cm³/mol. The van der Waals surface area contributed by atoms with Crippen LogP contribution in [-0.4, -0.2) is 24.0 Å². The third-order valence-electron chi connectivity index (χ3n) is 4.14. The molecule has 1 amide bonds. The van der Waals surface area contributed by atoms with E-state index in [0.29, 0.717) is 13.0 Å². The first-order chi connectivity index (χ1) is 11.3. The standard InChI is InChI=1S/C18H23N3OS/c22-18(7-3-5-16-6-4-12-23-16)20-14-15-8-9-17(19-13-15)21-10-1-2-11-21/h4,6,8-9,12-13H,1-3,5,7,10-11,14H2,(H,20,22). The number of nitrogens with one attached hydrogen (secondary N) is 1. The topological polar surface area (TPSA) is 45.2 Å². The van der Waals surface area contributed by atoms with Crippen molar-refractivity contribution in [1.29, 1.82) is 0 Å². The number of hydrogen-bond donors (Lipinski definition) is 1. The lowest BCUT2D eigenvalue weighted by Crippen LogP contribution is -2.23. The number of nitrogens with zero attached hydrogens (tertiary/aromatic N) is 2. The lowest BCUT2D eigenvalue weighted by Gasteiger charge is -2.16. The van der Waals surface area contributed by atoms with Crippen LogP contribution in [0.1, 0.15) is 36.1 Å². The summed E-state index contributed by atoms with van der Waals surface area (Å²) in [6.45, 7) is 2.77. The summed E-state index contributed by atoms with van der Waals surface area (Å²) in [6, 6.07) is 8.30. The number of carbonyl (C=O) groups excluding carboxylic acids is 1. The summed E-state index contributed by atoms with van der Waals surface area (Å²) in [6.07, 6.45) is 6.85. The second-order valence-electron chi connectivity index (χ2n) is 5.93. The van der Waals surface area contributed by atoms with Crippen LogP contribution in [0.2, 0.25) is 0 Å². The predicted octanol–water partition coefficient (Wildman–Crippen LogP) is 3.38. The number of aromatic nitrogens is 1. The van der Waals surface area contributed by atoms with E-state index in [1.807, 2.05) is 6.20 Å². The van der Waals surface area contributed by atoms with E-state index in [9.17, 15) is 4.79 Å². The van der Waals surface area contributed by atoms with Crippen LogP contribution in [0.15, 0.2) is 35.8 Å². The van der Waals surface area contributed by atoms with Gasteiger partial charge < -0.3 is 10.2 Å². The first kappa shape index (κ1) is 16.0. The maximum atomic E-state index is 11.9. The molecule has 1 aliphatic rings. The Kier molecular flexibility index (Phi) is 5.64. The molecule has 5 heteroatoms. The van der Waals surface area contributed by atoms with Crippen LogP contribution < -0.4 is 10.2 Å². The molecule has 23 heavy (non-hydrogen) atoms. The number of hydrogen-bond acceptors (Lipinski definition) is 4. The van der Waals surface area contributed by atoms with Crippen LogP contribution in [0.4, 0.5) is 5.82 Å². The quantitative estimate of drug-likeness (QED) is 0.847. The molecule has 0 saturated carbocycles. The molecule has 0 atom stereocenters. The number of aryl methyl sites for hydroxylation is 1. The molecule has 0 bridgehead atoms. The van der Waals surface area contributed by atoms with E-state index < -0.39 is 0 Å². The van der Waals surface area contributed by atoms with Crippen LogP contribution in [0, 0.1) is 0 Å². The van der Waals surface area contributed by atoms with Crippen LogP contribution >= 0.6 is 11.3 Å². The Bertz CT molecular complexity index is 604. The van der Waals surface area contributed by atoms with Gasteiger partial charge in [0.15, 0.2) is 0 Å². The second kappa shape index (κ2) is 8.11. The molecule has 1 fully saturated rings. The average Bonchev–Trinajstić information content (AvgIpc) is 3.27. The summed E-state index contributed by atoms with van der Waals surface area (Å²) < 4.78 is 0. The van der Waals surface area contributed by atoms with Crippen molar-refractivity contribution in [2.24, 2.45) is 0 Å². The Labute approximate surface area is 141 Å². The Morgan fingerprint density at radius 3 is 2.83 bits per heavy atom. The molecule has 0 unspecified atom stereocenters. The average molecular weight is 329 g/mol. The van der Waals surface area contributed by atoms with Crippen molar-refractivity contribution >= 4 is 23.1 Å². The Hall–Kier alpha value is -1.88. The van der Waals surface area contributed by atoms with Gasteiger partial charge in [0.1, 0.15) is 5.82 Å². The van der Waals surface area contributed by atoms with Gasteiger partial charge in [0, 0.05) is 37.1 Å². The third-order valence-corrected chi connectivity index (χ3v) is 5.07. The van der Waals surface area contributed by atoms with Gasteiger partial charge in [-0.2, -0.15) is 0 Å². The van der Waals surface area contributed by atoms with Gasteiger partial charge in [-0.3, -0.25) is 4.79 Å². The van der Waals surface area contributed by atoms with E-state index in [0.717, 1.165) is 37.3 Å². The molecular formula is C18H23N3OS. The van der Waals surface area contributed by atoms with Crippen LogP contribution in [0.25, 0.3) is 0 Å². The van der Waals surface area contributed by atoms with Crippen molar-refractivity contribution in [3.05, 3.63) is 46.3 Å². The molecule has 1 N–H and O–H groups in total. The Morgan fingerprint density at radius 2 is 2.13 bits per heavy atom. The van der Waals surface area contributed by atoms with E-state index in [2.05, 4.69) is 44.8 Å². The van der Waals surface area contributed by atoms with Gasteiger partial charge in [-0.15, -0.1) is 11.3 Å². The zero-order valence-corrected chi connectivity index (χ0v) is 14.1. The first-order valence-corrected chi connectivity index (χ1v) is 9.18. The molecule has 0 radical (unpaired) electrons. The molecule has 1 saturated heterocycles. The van der Waals surface area contributed by atoms with Gasteiger partial charge in [0.05, 0.1) is 0 Å². The number of pyridine rings is 1. The van der Waals surface area contributed by atoms with Crippen molar-refractivity contribution in [2.45, 2.75) is 38.6 Å².